The number of allylic oxidation sites excluding steroid dienone is 8. The molecular formula is C26H40Cl2GeHf. The minimum Gasteiger partial charge on any atom is -1.00 e. The molecule has 0 aromatic rings. The molecule has 0 N–H and O–H groups in total. The Labute approximate surface area is 207 Å². The first kappa shape index (κ1) is 27.2. The van der Waals surface area contributed by atoms with Gasteiger partial charge in [-0.15, -0.1) is 0 Å². The van der Waals surface area contributed by atoms with Crippen LogP contribution in [0.3, 0.4) is 0 Å². The first-order chi connectivity index (χ1) is 13.4. The molecule has 0 saturated heterocycles. The molecule has 4 rings (SSSR count). The molecular weight excluding hydrogens is 634 g/mol. The second kappa shape index (κ2) is 11.4. The van der Waals surface area contributed by atoms with E-state index in [0.29, 0.717) is 0 Å². The van der Waals surface area contributed by atoms with E-state index < -0.39 is 28.4 Å². The quantitative estimate of drug-likeness (QED) is 0.398. The molecule has 0 nitrogen and oxygen atoms in total. The fourth-order valence-electron chi connectivity index (χ4n) is 7.22. The van der Waals surface area contributed by atoms with Crippen LogP contribution in [0.1, 0.15) is 40.5 Å². The first-order valence-corrected chi connectivity index (χ1v) is 30.5. The number of hydrogen-bond donors (Lipinski definition) is 0. The van der Waals surface area contributed by atoms with Gasteiger partial charge >= 0.3 is 184 Å². The molecule has 0 aromatic carbocycles. The summed E-state index contributed by atoms with van der Waals surface area (Å²) in [4.78, 5) is 0. The van der Waals surface area contributed by atoms with Gasteiger partial charge in [-0.2, -0.15) is 0 Å². The minimum atomic E-state index is -1.81. The van der Waals surface area contributed by atoms with Gasteiger partial charge in [0.05, 0.1) is 0 Å². The van der Waals surface area contributed by atoms with Crippen LogP contribution in [0.4, 0.5) is 0 Å². The number of rotatable bonds is 4. The Balaban J connectivity index is 0.00000160. The molecule has 4 aliphatic carbocycles. The van der Waals surface area contributed by atoms with Gasteiger partial charge in [0.1, 0.15) is 0 Å². The van der Waals surface area contributed by atoms with Gasteiger partial charge in [-0.3, -0.25) is 0 Å². The smallest absolute Gasteiger partial charge is 1.00 e. The zero-order valence-corrected chi connectivity index (χ0v) is 26.8. The Morgan fingerprint density at radius 3 is 1.37 bits per heavy atom. The van der Waals surface area contributed by atoms with Crippen molar-refractivity contribution in [1.82, 2.24) is 0 Å². The van der Waals surface area contributed by atoms with E-state index in [1.807, 2.05) is 0 Å². The molecule has 8 unspecified atom stereocenters. The topological polar surface area (TPSA) is 0 Å². The predicted molar refractivity (Wildman–Crippen MR) is 121 cm³/mol. The van der Waals surface area contributed by atoms with Crippen LogP contribution >= 0.6 is 0 Å². The summed E-state index contributed by atoms with van der Waals surface area (Å²) < 4.78 is 2.26. The maximum atomic E-state index is 2.79. The SMILES string of the molecule is CC(C)C1CC2C=CC=CC2[CH]1[Hf+2]([CH]1C2C=CC=CC2CC1C(C)C)=[Ge]([CH3])[CH3].[Cl-].[Cl-]. The molecule has 8 atom stereocenters. The summed E-state index contributed by atoms with van der Waals surface area (Å²) >= 11 is -1.81. The Morgan fingerprint density at radius 2 is 1.03 bits per heavy atom. The second-order valence-electron chi connectivity index (χ2n) is 10.8. The van der Waals surface area contributed by atoms with E-state index in [0.717, 1.165) is 54.7 Å². The summed E-state index contributed by atoms with van der Waals surface area (Å²) in [6.07, 6.45) is 22.9. The van der Waals surface area contributed by atoms with Crippen molar-refractivity contribution in [2.24, 2.45) is 47.3 Å². The maximum Gasteiger partial charge on any atom is -1.00 e. The third-order valence-corrected chi connectivity index (χ3v) is 54.9. The van der Waals surface area contributed by atoms with Crippen molar-refractivity contribution < 1.29 is 43.2 Å². The van der Waals surface area contributed by atoms with E-state index in [2.05, 4.69) is 87.8 Å². The van der Waals surface area contributed by atoms with E-state index in [4.69, 9.17) is 0 Å². The van der Waals surface area contributed by atoms with Crippen molar-refractivity contribution in [2.45, 2.75) is 59.4 Å². The van der Waals surface area contributed by atoms with Gasteiger partial charge in [0.25, 0.3) is 0 Å². The van der Waals surface area contributed by atoms with Crippen molar-refractivity contribution in [3.63, 3.8) is 0 Å². The predicted octanol–water partition coefficient (Wildman–Crippen LogP) is 1.51. The Hall–Kier alpha value is 0.953. The Bertz CT molecular complexity index is 688. The van der Waals surface area contributed by atoms with E-state index >= 15 is 0 Å². The summed E-state index contributed by atoms with van der Waals surface area (Å²) in [5, 5.41) is 0. The van der Waals surface area contributed by atoms with Gasteiger partial charge in [0, 0.05) is 0 Å². The van der Waals surface area contributed by atoms with Crippen LogP contribution in [0.25, 0.3) is 0 Å². The third-order valence-electron chi connectivity index (χ3n) is 8.44. The largest absolute Gasteiger partial charge is 1.00 e. The number of hydrogen-bond acceptors (Lipinski definition) is 0. The van der Waals surface area contributed by atoms with Crippen molar-refractivity contribution in [3.05, 3.63) is 48.6 Å². The molecule has 2 fully saturated rings. The second-order valence-corrected chi connectivity index (χ2v) is 51.7. The van der Waals surface area contributed by atoms with Gasteiger partial charge in [0.2, 0.25) is 0 Å². The number of halogens is 2. The third kappa shape index (κ3) is 5.05. The molecule has 0 bridgehead atoms. The standard InChI is InChI=1S/2C12H17.C2H6Ge.2ClH.Hf/c2*1-9(2)12-7-10-5-3-4-6-11(10)8-12;1-3-2;;;/h2*3-7,9-12H,8H2,1-2H3;1-2H3;2*1H;/q;;;;;+2/p-2. The van der Waals surface area contributed by atoms with Gasteiger partial charge in [-0.1, -0.05) is 0 Å². The molecule has 2 saturated carbocycles. The molecule has 0 heterocycles. The van der Waals surface area contributed by atoms with Crippen LogP contribution in [-0.4, -0.2) is 10.1 Å². The molecule has 0 amide bonds. The van der Waals surface area contributed by atoms with Crippen LogP contribution in [0.5, 0.6) is 0 Å². The van der Waals surface area contributed by atoms with E-state index in [1.165, 1.54) is 12.8 Å². The summed E-state index contributed by atoms with van der Waals surface area (Å²) in [7, 11) is -0.899. The molecule has 0 aliphatic heterocycles. The monoisotopic (exact) mass is 676 g/mol. The van der Waals surface area contributed by atoms with Gasteiger partial charge < -0.3 is 24.8 Å². The molecule has 0 spiro atoms. The zero-order chi connectivity index (χ0) is 20.0. The number of fused-ring (bicyclic) bond motifs is 2. The summed E-state index contributed by atoms with van der Waals surface area (Å²) in [5.41, 5.74) is 0. The van der Waals surface area contributed by atoms with Crippen LogP contribution in [0.15, 0.2) is 48.6 Å². The summed E-state index contributed by atoms with van der Waals surface area (Å²) in [5.74, 6) is 12.8. The van der Waals surface area contributed by atoms with Crippen molar-refractivity contribution in [2.75, 3.05) is 0 Å². The van der Waals surface area contributed by atoms with Crippen molar-refractivity contribution >= 4 is 10.1 Å². The Morgan fingerprint density at radius 1 is 0.667 bits per heavy atom. The molecule has 0 aromatic heterocycles. The normalized spacial score (nSPS) is 38.0. The van der Waals surface area contributed by atoms with E-state index in [9.17, 15) is 0 Å². The molecule has 4 heteroatoms. The van der Waals surface area contributed by atoms with E-state index in [-0.39, 0.29) is 24.8 Å². The molecule has 0 radical (unpaired) electrons. The fraction of sp³-hybridized carbons (Fsp3) is 0.692. The summed E-state index contributed by atoms with van der Waals surface area (Å²) in [6, 6.07) is 0. The van der Waals surface area contributed by atoms with Crippen LogP contribution in [0, 0.1) is 47.3 Å². The van der Waals surface area contributed by atoms with Crippen LogP contribution < -0.4 is 24.8 Å². The average Bonchev–Trinajstić information content (AvgIpc) is 3.22. The fourth-order valence-corrected chi connectivity index (χ4v) is 63.1. The van der Waals surface area contributed by atoms with Gasteiger partial charge in [-0.05, 0) is 0 Å². The van der Waals surface area contributed by atoms with Crippen molar-refractivity contribution in [3.8, 4) is 0 Å². The molecule has 30 heavy (non-hydrogen) atoms. The van der Waals surface area contributed by atoms with E-state index in [1.54, 1.807) is 0 Å². The minimum absolute atomic E-state index is 0. The van der Waals surface area contributed by atoms with Crippen molar-refractivity contribution in [1.29, 1.82) is 0 Å². The average molecular weight is 675 g/mol. The van der Waals surface area contributed by atoms with Crippen LogP contribution in [0.2, 0.25) is 18.9 Å². The van der Waals surface area contributed by atoms with Gasteiger partial charge in [-0.25, -0.2) is 0 Å². The van der Waals surface area contributed by atoms with Crippen LogP contribution in [-0.2, 0) is 18.3 Å². The Kier molecular flexibility index (Phi) is 10.3. The molecule has 4 aliphatic rings. The molecule has 166 valence electrons. The van der Waals surface area contributed by atoms with Gasteiger partial charge in [0.15, 0.2) is 0 Å². The first-order valence-electron chi connectivity index (χ1n) is 11.8. The summed E-state index contributed by atoms with van der Waals surface area (Å²) in [6.45, 7) is 10.2. The maximum absolute atomic E-state index is 2.79. The zero-order valence-electron chi connectivity index (χ0n) is 19.6.